The average molecular weight is 620 g/mol. The molecule has 1 saturated heterocycles. The molecule has 1 N–H and O–H groups in total. The highest BCUT2D eigenvalue weighted by Crippen LogP contribution is 2.34. The molecule has 0 saturated carbocycles. The first-order valence-corrected chi connectivity index (χ1v) is 13.4. The number of methoxy groups -OCH3 is 1. The number of ether oxygens (including phenoxy) is 2. The second kappa shape index (κ2) is 11.1. The van der Waals surface area contributed by atoms with Gasteiger partial charge in [0.2, 0.25) is 5.95 Å². The second-order valence-electron chi connectivity index (χ2n) is 9.73. The second-order valence-corrected chi connectivity index (χ2v) is 10.1. The van der Waals surface area contributed by atoms with E-state index in [2.05, 4.69) is 20.4 Å². The summed E-state index contributed by atoms with van der Waals surface area (Å²) in [5.74, 6) is -1.59. The number of benzene rings is 1. The number of hydrogen-bond donors (Lipinski definition) is 1. The Morgan fingerprint density at radius 1 is 1.14 bits per heavy atom. The lowest BCUT2D eigenvalue weighted by atomic mass is 10.1. The standard InChI is InChI=1S/C27H22ClF4N7O4/c1-42-25(41)16-11-15-17-13-33-26(34-14-2-3-19(29)18(28)10-14)35-23(17)39-20(12-21(36-39)27(30,31)32)22(15)38(24(16)40)5-4-37-6-8-43-9-7-37/h2-3,10-13H,4-9H2,1H3,(H,33,34,35). The Hall–Kier alpha value is -4.34. The van der Waals surface area contributed by atoms with Gasteiger partial charge < -0.3 is 19.4 Å². The molecule has 0 spiro atoms. The molecule has 1 aliphatic heterocycles. The van der Waals surface area contributed by atoms with Gasteiger partial charge in [0.15, 0.2) is 11.3 Å². The van der Waals surface area contributed by atoms with Crippen molar-refractivity contribution in [3.63, 3.8) is 0 Å². The molecule has 43 heavy (non-hydrogen) atoms. The molecular weight excluding hydrogens is 598 g/mol. The molecule has 1 fully saturated rings. The summed E-state index contributed by atoms with van der Waals surface area (Å²) >= 11 is 5.87. The topological polar surface area (TPSA) is 116 Å². The molecule has 16 heteroatoms. The van der Waals surface area contributed by atoms with E-state index in [-0.39, 0.29) is 50.5 Å². The van der Waals surface area contributed by atoms with Crippen molar-refractivity contribution >= 4 is 56.7 Å². The van der Waals surface area contributed by atoms with Gasteiger partial charge in [0.05, 0.1) is 36.4 Å². The van der Waals surface area contributed by atoms with Crippen molar-refractivity contribution in [3.05, 3.63) is 69.0 Å². The molecule has 5 aromatic rings. The minimum absolute atomic E-state index is 0.0436. The van der Waals surface area contributed by atoms with E-state index in [1.54, 1.807) is 0 Å². The summed E-state index contributed by atoms with van der Waals surface area (Å²) in [6.45, 7) is 2.64. The number of esters is 1. The van der Waals surface area contributed by atoms with Gasteiger partial charge in [-0.2, -0.15) is 23.3 Å². The highest BCUT2D eigenvalue weighted by molar-refractivity contribution is 6.31. The molecule has 0 radical (unpaired) electrons. The predicted molar refractivity (Wildman–Crippen MR) is 148 cm³/mol. The van der Waals surface area contributed by atoms with Crippen LogP contribution in [0.2, 0.25) is 5.02 Å². The molecule has 0 bridgehead atoms. The van der Waals surface area contributed by atoms with Crippen LogP contribution < -0.4 is 10.9 Å². The molecule has 1 aromatic carbocycles. The number of alkyl halides is 3. The summed E-state index contributed by atoms with van der Waals surface area (Å²) < 4.78 is 67.9. The average Bonchev–Trinajstić information content (AvgIpc) is 3.45. The van der Waals surface area contributed by atoms with Gasteiger partial charge in [-0.15, -0.1) is 0 Å². The van der Waals surface area contributed by atoms with Crippen molar-refractivity contribution in [2.24, 2.45) is 0 Å². The first-order valence-electron chi connectivity index (χ1n) is 13.0. The molecule has 0 amide bonds. The number of carbonyl (C=O) groups is 1. The molecule has 6 rings (SSSR count). The lowest BCUT2D eigenvalue weighted by Gasteiger charge is -2.27. The van der Waals surface area contributed by atoms with E-state index < -0.39 is 29.2 Å². The minimum atomic E-state index is -4.81. The zero-order valence-electron chi connectivity index (χ0n) is 22.4. The number of fused-ring (bicyclic) bond motifs is 6. The number of carbonyl (C=O) groups excluding carboxylic acids is 1. The van der Waals surface area contributed by atoms with Gasteiger partial charge in [0, 0.05) is 48.8 Å². The fraction of sp³-hybridized carbons (Fsp3) is 0.296. The summed E-state index contributed by atoms with van der Waals surface area (Å²) in [6, 6.07) is 5.92. The zero-order valence-corrected chi connectivity index (χ0v) is 23.2. The maximum absolute atomic E-state index is 13.9. The van der Waals surface area contributed by atoms with Crippen LogP contribution in [0.1, 0.15) is 16.1 Å². The normalized spacial score (nSPS) is 14.6. The summed E-state index contributed by atoms with van der Waals surface area (Å²) in [7, 11) is 1.13. The van der Waals surface area contributed by atoms with Crippen LogP contribution in [0.3, 0.4) is 0 Å². The summed E-state index contributed by atoms with van der Waals surface area (Å²) in [4.78, 5) is 37.1. The fourth-order valence-corrected chi connectivity index (χ4v) is 5.20. The number of aromatic nitrogens is 5. The van der Waals surface area contributed by atoms with E-state index in [9.17, 15) is 27.2 Å². The lowest BCUT2D eigenvalue weighted by Crippen LogP contribution is -2.40. The van der Waals surface area contributed by atoms with Gasteiger partial charge in [0.1, 0.15) is 11.4 Å². The van der Waals surface area contributed by atoms with Crippen LogP contribution in [0.4, 0.5) is 29.2 Å². The number of anilines is 2. The van der Waals surface area contributed by atoms with Crippen molar-refractivity contribution in [2.45, 2.75) is 12.7 Å². The van der Waals surface area contributed by atoms with E-state index in [0.29, 0.717) is 38.5 Å². The molecule has 1 aliphatic rings. The van der Waals surface area contributed by atoms with Crippen LogP contribution in [-0.2, 0) is 22.2 Å². The number of rotatable bonds is 6. The molecule has 0 unspecified atom stereocenters. The third kappa shape index (κ3) is 5.34. The van der Waals surface area contributed by atoms with Crippen molar-refractivity contribution in [1.29, 1.82) is 0 Å². The molecule has 0 atom stereocenters. The van der Waals surface area contributed by atoms with Gasteiger partial charge in [-0.1, -0.05) is 11.6 Å². The Bertz CT molecular complexity index is 1950. The number of nitrogens with one attached hydrogen (secondary N) is 1. The fourth-order valence-electron chi connectivity index (χ4n) is 5.02. The van der Waals surface area contributed by atoms with Crippen LogP contribution in [0.25, 0.3) is 27.5 Å². The van der Waals surface area contributed by atoms with Crippen LogP contribution >= 0.6 is 11.6 Å². The molecule has 11 nitrogen and oxygen atoms in total. The third-order valence-electron chi connectivity index (χ3n) is 7.12. The Labute approximate surface area is 244 Å². The quantitative estimate of drug-likeness (QED) is 0.169. The van der Waals surface area contributed by atoms with Gasteiger partial charge >= 0.3 is 12.1 Å². The summed E-state index contributed by atoms with van der Waals surface area (Å²) in [5, 5.41) is 6.95. The Balaban J connectivity index is 1.62. The Morgan fingerprint density at radius 2 is 1.91 bits per heavy atom. The number of pyridine rings is 2. The maximum Gasteiger partial charge on any atom is 0.435 e. The van der Waals surface area contributed by atoms with Crippen LogP contribution in [0.15, 0.2) is 41.3 Å². The molecule has 4 aromatic heterocycles. The summed E-state index contributed by atoms with van der Waals surface area (Å²) in [5.41, 5.74) is -1.89. The maximum atomic E-state index is 13.9. The number of halogens is 5. The summed E-state index contributed by atoms with van der Waals surface area (Å²) in [6.07, 6.45) is -3.47. The van der Waals surface area contributed by atoms with Gasteiger partial charge in [0.25, 0.3) is 5.56 Å². The lowest BCUT2D eigenvalue weighted by molar-refractivity contribution is -0.141. The SMILES string of the molecule is COC(=O)c1cc2c3cnc(Nc4ccc(F)c(Cl)c4)nc3n3nc(C(F)(F)F)cc3c2n(CCN2CCOCC2)c1=O. The number of morpholine rings is 1. The Kier molecular flexibility index (Phi) is 7.40. The van der Waals surface area contributed by atoms with Crippen molar-refractivity contribution < 1.29 is 31.8 Å². The zero-order chi connectivity index (χ0) is 30.5. The highest BCUT2D eigenvalue weighted by Gasteiger charge is 2.35. The van der Waals surface area contributed by atoms with Crippen molar-refractivity contribution in [3.8, 4) is 0 Å². The van der Waals surface area contributed by atoms with E-state index in [4.69, 9.17) is 21.1 Å². The Morgan fingerprint density at radius 3 is 2.60 bits per heavy atom. The highest BCUT2D eigenvalue weighted by atomic mass is 35.5. The first-order chi connectivity index (χ1) is 20.5. The molecule has 5 heterocycles. The number of nitrogens with zero attached hydrogens (tertiary/aromatic N) is 6. The number of hydrogen-bond acceptors (Lipinski definition) is 9. The van der Waals surface area contributed by atoms with Gasteiger partial charge in [-0.05, 0) is 30.3 Å². The largest absolute Gasteiger partial charge is 0.465 e. The minimum Gasteiger partial charge on any atom is -0.465 e. The van der Waals surface area contributed by atoms with E-state index in [1.807, 2.05) is 4.90 Å². The van der Waals surface area contributed by atoms with Crippen LogP contribution in [0, 0.1) is 5.82 Å². The van der Waals surface area contributed by atoms with Crippen molar-refractivity contribution in [2.75, 3.05) is 45.3 Å². The predicted octanol–water partition coefficient (Wildman–Crippen LogP) is 4.27. The van der Waals surface area contributed by atoms with Gasteiger partial charge in [-0.3, -0.25) is 9.69 Å². The molecule has 224 valence electrons. The van der Waals surface area contributed by atoms with Crippen molar-refractivity contribution in [1.82, 2.24) is 29.0 Å². The van der Waals surface area contributed by atoms with Gasteiger partial charge in [-0.25, -0.2) is 18.7 Å². The van der Waals surface area contributed by atoms with E-state index in [1.165, 1.54) is 29.0 Å². The monoisotopic (exact) mass is 619 g/mol. The van der Waals surface area contributed by atoms with Crippen LogP contribution in [-0.4, -0.2) is 75.0 Å². The van der Waals surface area contributed by atoms with Crippen LogP contribution in [0.5, 0.6) is 0 Å². The molecule has 0 aliphatic carbocycles. The smallest absolute Gasteiger partial charge is 0.435 e. The van der Waals surface area contributed by atoms with E-state index >= 15 is 0 Å². The first kappa shape index (κ1) is 28.8. The molecular formula is C27H22ClF4N7O4. The third-order valence-corrected chi connectivity index (χ3v) is 7.41. The van der Waals surface area contributed by atoms with E-state index in [0.717, 1.165) is 23.8 Å².